The Kier molecular flexibility index (Phi) is 6.45. The van der Waals surface area contributed by atoms with Crippen molar-refractivity contribution in [2.75, 3.05) is 6.54 Å². The molecule has 1 aromatic heterocycles. The molecule has 0 aliphatic carbocycles. The lowest BCUT2D eigenvalue weighted by Crippen LogP contribution is -2.54. The van der Waals surface area contributed by atoms with E-state index in [2.05, 4.69) is 29.0 Å². The third kappa shape index (κ3) is 5.23. The van der Waals surface area contributed by atoms with Gasteiger partial charge in [-0.2, -0.15) is 11.3 Å². The Balaban J connectivity index is 1.78. The molecule has 1 aliphatic heterocycles. The van der Waals surface area contributed by atoms with Crippen LogP contribution in [-0.4, -0.2) is 41.5 Å². The van der Waals surface area contributed by atoms with Crippen molar-refractivity contribution in [1.82, 2.24) is 15.5 Å². The second-order valence-electron chi connectivity index (χ2n) is 6.45. The highest BCUT2D eigenvalue weighted by Crippen LogP contribution is 2.17. The van der Waals surface area contributed by atoms with Gasteiger partial charge in [-0.3, -0.25) is 4.79 Å². The second kappa shape index (κ2) is 8.34. The first-order valence-corrected chi connectivity index (χ1v) is 9.30. The summed E-state index contributed by atoms with van der Waals surface area (Å²) in [6.07, 6.45) is 4.06. The largest absolute Gasteiger partial charge is 0.338 e. The van der Waals surface area contributed by atoms with E-state index in [1.165, 1.54) is 12.0 Å². The van der Waals surface area contributed by atoms with Crippen molar-refractivity contribution in [3.63, 3.8) is 0 Å². The van der Waals surface area contributed by atoms with Gasteiger partial charge in [-0.1, -0.05) is 0 Å². The van der Waals surface area contributed by atoms with E-state index >= 15 is 0 Å². The fourth-order valence-corrected chi connectivity index (χ4v) is 3.69. The van der Waals surface area contributed by atoms with Crippen molar-refractivity contribution in [3.05, 3.63) is 22.4 Å². The van der Waals surface area contributed by atoms with E-state index in [0.29, 0.717) is 0 Å². The van der Waals surface area contributed by atoms with Crippen LogP contribution in [0.1, 0.15) is 45.6 Å². The maximum absolute atomic E-state index is 12.5. The predicted molar refractivity (Wildman–Crippen MR) is 93.6 cm³/mol. The van der Waals surface area contributed by atoms with E-state index in [1.54, 1.807) is 18.3 Å². The topological polar surface area (TPSA) is 61.4 Å². The van der Waals surface area contributed by atoms with Gasteiger partial charge >= 0.3 is 6.03 Å². The maximum Gasteiger partial charge on any atom is 0.315 e. The van der Waals surface area contributed by atoms with Gasteiger partial charge in [0.05, 0.1) is 0 Å². The van der Waals surface area contributed by atoms with Crippen molar-refractivity contribution in [2.45, 2.75) is 64.6 Å². The maximum atomic E-state index is 12.5. The normalized spacial score (nSPS) is 20.7. The number of piperidine rings is 1. The fourth-order valence-electron chi connectivity index (χ4n) is 3.01. The van der Waals surface area contributed by atoms with Crippen LogP contribution in [0.5, 0.6) is 0 Å². The van der Waals surface area contributed by atoms with E-state index < -0.39 is 6.04 Å². The van der Waals surface area contributed by atoms with Crippen molar-refractivity contribution in [3.8, 4) is 0 Å². The first kappa shape index (κ1) is 17.8. The average Bonchev–Trinajstić information content (AvgIpc) is 2.99. The van der Waals surface area contributed by atoms with E-state index in [9.17, 15) is 9.59 Å². The number of rotatable bonds is 5. The van der Waals surface area contributed by atoms with Gasteiger partial charge < -0.3 is 15.5 Å². The third-order valence-electron chi connectivity index (χ3n) is 4.30. The number of nitrogens with zero attached hydrogens (tertiary/aromatic N) is 1. The molecule has 3 atom stereocenters. The number of carbonyl (C=O) groups is 2. The zero-order chi connectivity index (χ0) is 16.8. The van der Waals surface area contributed by atoms with Crippen molar-refractivity contribution >= 4 is 23.3 Å². The van der Waals surface area contributed by atoms with Gasteiger partial charge in [-0.25, -0.2) is 4.79 Å². The van der Waals surface area contributed by atoms with Gasteiger partial charge in [0.15, 0.2) is 0 Å². The summed E-state index contributed by atoms with van der Waals surface area (Å²) in [5, 5.41) is 9.79. The third-order valence-corrected chi connectivity index (χ3v) is 5.04. The minimum Gasteiger partial charge on any atom is -0.338 e. The highest BCUT2D eigenvalue weighted by molar-refractivity contribution is 7.07. The second-order valence-corrected chi connectivity index (χ2v) is 7.23. The van der Waals surface area contributed by atoms with Gasteiger partial charge in [-0.05, 0) is 68.8 Å². The number of carbonyl (C=O) groups excluding carboxylic acids is 2. The van der Waals surface area contributed by atoms with Crippen molar-refractivity contribution in [1.29, 1.82) is 0 Å². The summed E-state index contributed by atoms with van der Waals surface area (Å²) in [4.78, 5) is 26.4. The highest BCUT2D eigenvalue weighted by Gasteiger charge is 2.27. The molecular formula is C17H27N3O2S. The summed E-state index contributed by atoms with van der Waals surface area (Å²) >= 11 is 1.65. The molecule has 0 unspecified atom stereocenters. The summed E-state index contributed by atoms with van der Waals surface area (Å²) < 4.78 is 0. The molecule has 2 heterocycles. The number of likely N-dealkylation sites (tertiary alicyclic amines) is 1. The summed E-state index contributed by atoms with van der Waals surface area (Å²) in [5.41, 5.74) is 1.22. The molecule has 0 aromatic carbocycles. The minimum atomic E-state index is -0.496. The Morgan fingerprint density at radius 3 is 2.78 bits per heavy atom. The number of hydrogen-bond donors (Lipinski definition) is 2. The van der Waals surface area contributed by atoms with Crippen LogP contribution in [0.2, 0.25) is 0 Å². The Bertz CT molecular complexity index is 518. The molecule has 23 heavy (non-hydrogen) atoms. The molecular weight excluding hydrogens is 310 g/mol. The lowest BCUT2D eigenvalue weighted by molar-refractivity contribution is -0.136. The molecule has 128 valence electrons. The minimum absolute atomic E-state index is 0.0119. The Morgan fingerprint density at radius 1 is 1.35 bits per heavy atom. The Labute approximate surface area is 142 Å². The van der Waals surface area contributed by atoms with Crippen LogP contribution in [0.25, 0.3) is 0 Å². The summed E-state index contributed by atoms with van der Waals surface area (Å²) in [6.45, 7) is 6.60. The summed E-state index contributed by atoms with van der Waals surface area (Å²) in [7, 11) is 0. The van der Waals surface area contributed by atoms with Gasteiger partial charge in [0.1, 0.15) is 6.04 Å². The monoisotopic (exact) mass is 337 g/mol. The van der Waals surface area contributed by atoms with E-state index in [0.717, 1.165) is 25.8 Å². The first-order valence-electron chi connectivity index (χ1n) is 8.36. The number of thiophene rings is 1. The predicted octanol–water partition coefficient (Wildman–Crippen LogP) is 2.77. The highest BCUT2D eigenvalue weighted by atomic mass is 32.1. The van der Waals surface area contributed by atoms with Crippen LogP contribution in [0, 0.1) is 0 Å². The van der Waals surface area contributed by atoms with Crippen LogP contribution in [-0.2, 0) is 11.2 Å². The van der Waals surface area contributed by atoms with Crippen LogP contribution in [0.15, 0.2) is 16.8 Å². The zero-order valence-electron chi connectivity index (χ0n) is 14.2. The first-order chi connectivity index (χ1) is 11.0. The molecule has 2 rings (SSSR count). The van der Waals surface area contributed by atoms with Gasteiger partial charge in [-0.15, -0.1) is 0 Å². The summed E-state index contributed by atoms with van der Waals surface area (Å²) in [5.74, 6) is 0.0119. The Hall–Kier alpha value is -1.56. The van der Waals surface area contributed by atoms with Gasteiger partial charge in [0, 0.05) is 18.6 Å². The van der Waals surface area contributed by atoms with Crippen LogP contribution in [0.3, 0.4) is 0 Å². The number of urea groups is 1. The van der Waals surface area contributed by atoms with Gasteiger partial charge in [0.2, 0.25) is 5.91 Å². The van der Waals surface area contributed by atoms with Crippen LogP contribution >= 0.6 is 11.3 Å². The smallest absolute Gasteiger partial charge is 0.315 e. The van der Waals surface area contributed by atoms with Crippen molar-refractivity contribution in [2.24, 2.45) is 0 Å². The molecule has 0 saturated carbocycles. The lowest BCUT2D eigenvalue weighted by Gasteiger charge is -2.35. The molecule has 5 nitrogen and oxygen atoms in total. The SMILES string of the molecule is C[C@H](Cc1ccsc1)NC(=O)N[C@@H](C)C(=O)N1CCCC[C@H]1C. The number of nitrogens with one attached hydrogen (secondary N) is 2. The molecule has 1 fully saturated rings. The standard InChI is InChI=1S/C17H27N3O2S/c1-12(10-15-7-9-23-11-15)18-17(22)19-14(3)16(21)20-8-5-4-6-13(20)2/h7,9,11-14H,4-6,8,10H2,1-3H3,(H2,18,19,22)/t12-,13-,14+/m1/s1. The molecule has 1 aliphatic rings. The number of amides is 3. The number of hydrogen-bond acceptors (Lipinski definition) is 3. The molecule has 1 aromatic rings. The molecule has 2 N–H and O–H groups in total. The molecule has 0 spiro atoms. The van der Waals surface area contributed by atoms with E-state index in [4.69, 9.17) is 0 Å². The Morgan fingerprint density at radius 2 is 2.13 bits per heavy atom. The van der Waals surface area contributed by atoms with Crippen molar-refractivity contribution < 1.29 is 9.59 Å². The van der Waals surface area contributed by atoms with Crippen LogP contribution < -0.4 is 10.6 Å². The average molecular weight is 337 g/mol. The summed E-state index contributed by atoms with van der Waals surface area (Å²) in [6, 6.07) is 1.58. The molecule has 0 bridgehead atoms. The lowest BCUT2D eigenvalue weighted by atomic mass is 10.0. The van der Waals surface area contributed by atoms with E-state index in [1.807, 2.05) is 17.2 Å². The zero-order valence-corrected chi connectivity index (χ0v) is 15.0. The molecule has 0 radical (unpaired) electrons. The quantitative estimate of drug-likeness (QED) is 0.868. The fraction of sp³-hybridized carbons (Fsp3) is 0.647. The van der Waals surface area contributed by atoms with Crippen LogP contribution in [0.4, 0.5) is 4.79 Å². The molecule has 3 amide bonds. The van der Waals surface area contributed by atoms with E-state index in [-0.39, 0.29) is 24.0 Å². The molecule has 1 saturated heterocycles. The molecule has 6 heteroatoms. The van der Waals surface area contributed by atoms with Gasteiger partial charge in [0.25, 0.3) is 0 Å².